The van der Waals surface area contributed by atoms with Gasteiger partial charge in [0.15, 0.2) is 0 Å². The lowest BCUT2D eigenvalue weighted by Gasteiger charge is -2.40. The molecule has 1 aliphatic carbocycles. The Bertz CT molecular complexity index is 99.3. The van der Waals surface area contributed by atoms with Crippen molar-refractivity contribution in [2.75, 3.05) is 13.1 Å². The summed E-state index contributed by atoms with van der Waals surface area (Å²) in [7, 11) is 0. The highest BCUT2D eigenvalue weighted by molar-refractivity contribution is 4.87. The molecule has 1 heterocycles. The fraction of sp³-hybridized carbons (Fsp3) is 1.00. The van der Waals surface area contributed by atoms with Crippen LogP contribution in [-0.2, 0) is 0 Å². The summed E-state index contributed by atoms with van der Waals surface area (Å²) < 4.78 is 0. The van der Waals surface area contributed by atoms with Gasteiger partial charge >= 0.3 is 0 Å². The summed E-state index contributed by atoms with van der Waals surface area (Å²) in [6, 6.07) is 0. The van der Waals surface area contributed by atoms with Gasteiger partial charge in [-0.1, -0.05) is 19.3 Å². The second-order valence-electron chi connectivity index (χ2n) is 4.27. The van der Waals surface area contributed by atoms with Crippen LogP contribution < -0.4 is 5.32 Å². The van der Waals surface area contributed by atoms with Crippen molar-refractivity contribution in [1.29, 1.82) is 0 Å². The highest BCUT2D eigenvalue weighted by Crippen LogP contribution is 2.41. The topological polar surface area (TPSA) is 14.1 Å². The van der Waals surface area contributed by atoms with Crippen molar-refractivity contribution in [1.82, 2.24) is 5.32 Å². The third kappa shape index (κ3) is 1.58. The van der Waals surface area contributed by atoms with E-state index in [4.69, 9.17) is 0 Å². The first-order valence-corrected chi connectivity index (χ1v) is 5.05. The van der Waals surface area contributed by atoms with Crippen LogP contribution in [-0.4, -0.2) is 13.1 Å². The maximum atomic E-state index is 4.55. The van der Waals surface area contributed by atoms with Crippen LogP contribution >= 0.6 is 0 Å². The Kier molecular flexibility index (Phi) is 2.17. The van der Waals surface area contributed by atoms with Crippen LogP contribution in [0.1, 0.15) is 44.9 Å². The van der Waals surface area contributed by atoms with E-state index in [-0.39, 0.29) is 0 Å². The van der Waals surface area contributed by atoms with E-state index in [0.29, 0.717) is 5.41 Å². The molecule has 0 unspecified atom stereocenters. The zero-order valence-corrected chi connectivity index (χ0v) is 7.31. The van der Waals surface area contributed by atoms with Gasteiger partial charge in [0.1, 0.15) is 0 Å². The Morgan fingerprint density at radius 2 is 1.55 bits per heavy atom. The van der Waals surface area contributed by atoms with Crippen LogP contribution in [0.3, 0.4) is 0 Å². The van der Waals surface area contributed by atoms with Gasteiger partial charge in [0.05, 0.1) is 0 Å². The van der Waals surface area contributed by atoms with Crippen molar-refractivity contribution in [3.05, 3.63) is 0 Å². The molecule has 0 bridgehead atoms. The summed E-state index contributed by atoms with van der Waals surface area (Å²) in [6.45, 7) is 2.33. The minimum absolute atomic E-state index is 0.691. The summed E-state index contributed by atoms with van der Waals surface area (Å²) in [5.74, 6) is 0. The van der Waals surface area contributed by atoms with Crippen LogP contribution in [0.15, 0.2) is 0 Å². The molecule has 1 saturated heterocycles. The average Bonchev–Trinajstić information content (AvgIpc) is 2.07. The molecule has 0 N–H and O–H groups in total. The molecule has 1 heteroatoms. The van der Waals surface area contributed by atoms with Gasteiger partial charge in [0.25, 0.3) is 0 Å². The molecule has 0 amide bonds. The highest BCUT2D eigenvalue weighted by Gasteiger charge is 2.33. The SMILES string of the molecule is C1CCC2(CC1)CCC[N]C2. The molecule has 0 atom stereocenters. The number of piperidine rings is 1. The van der Waals surface area contributed by atoms with Crippen LogP contribution in [0.2, 0.25) is 0 Å². The van der Waals surface area contributed by atoms with E-state index < -0.39 is 0 Å². The monoisotopic (exact) mass is 152 g/mol. The van der Waals surface area contributed by atoms with Crippen LogP contribution in [0, 0.1) is 5.41 Å². The molecule has 1 spiro atoms. The van der Waals surface area contributed by atoms with Gasteiger partial charge in [0.2, 0.25) is 0 Å². The van der Waals surface area contributed by atoms with Crippen LogP contribution in [0.4, 0.5) is 0 Å². The van der Waals surface area contributed by atoms with Crippen molar-refractivity contribution in [2.24, 2.45) is 5.41 Å². The summed E-state index contributed by atoms with van der Waals surface area (Å²) in [5, 5.41) is 4.55. The molecule has 11 heavy (non-hydrogen) atoms. The lowest BCUT2D eigenvalue weighted by Crippen LogP contribution is -2.37. The maximum absolute atomic E-state index is 4.55. The molecule has 1 radical (unpaired) electrons. The lowest BCUT2D eigenvalue weighted by molar-refractivity contribution is 0.138. The van der Waals surface area contributed by atoms with E-state index in [1.165, 1.54) is 51.5 Å². The summed E-state index contributed by atoms with van der Waals surface area (Å²) >= 11 is 0. The van der Waals surface area contributed by atoms with Crippen molar-refractivity contribution in [3.8, 4) is 0 Å². The molecular formula is C10H18N. The van der Waals surface area contributed by atoms with Gasteiger partial charge in [-0.3, -0.25) is 0 Å². The van der Waals surface area contributed by atoms with Crippen molar-refractivity contribution < 1.29 is 0 Å². The number of hydrogen-bond donors (Lipinski definition) is 0. The minimum atomic E-state index is 0.691. The van der Waals surface area contributed by atoms with E-state index >= 15 is 0 Å². The predicted octanol–water partition coefficient (Wildman–Crippen LogP) is 2.34. The summed E-state index contributed by atoms with van der Waals surface area (Å²) in [4.78, 5) is 0. The highest BCUT2D eigenvalue weighted by atomic mass is 14.9. The van der Waals surface area contributed by atoms with Gasteiger partial charge in [-0.05, 0) is 31.1 Å². The number of rotatable bonds is 0. The van der Waals surface area contributed by atoms with Gasteiger partial charge in [-0.25, -0.2) is 5.32 Å². The fourth-order valence-electron chi connectivity index (χ4n) is 2.67. The Morgan fingerprint density at radius 3 is 2.18 bits per heavy atom. The maximum Gasteiger partial charge on any atom is 0.0189 e. The standard InChI is InChI=1S/C10H18N/c1-2-5-10(6-3-1)7-4-8-11-9-10/h1-9H2. The number of hydrogen-bond acceptors (Lipinski definition) is 0. The molecule has 1 saturated carbocycles. The fourth-order valence-corrected chi connectivity index (χ4v) is 2.67. The number of nitrogens with zero attached hydrogens (tertiary/aromatic N) is 1. The second kappa shape index (κ2) is 3.14. The van der Waals surface area contributed by atoms with E-state index in [1.54, 1.807) is 0 Å². The van der Waals surface area contributed by atoms with E-state index in [1.807, 2.05) is 0 Å². The van der Waals surface area contributed by atoms with Gasteiger partial charge in [-0.15, -0.1) is 0 Å². The lowest BCUT2D eigenvalue weighted by atomic mass is 9.70. The molecule has 0 aromatic heterocycles. The smallest absolute Gasteiger partial charge is 0.0189 e. The summed E-state index contributed by atoms with van der Waals surface area (Å²) in [6.07, 6.45) is 10.2. The quantitative estimate of drug-likeness (QED) is 0.506. The predicted molar refractivity (Wildman–Crippen MR) is 46.6 cm³/mol. The second-order valence-corrected chi connectivity index (χ2v) is 4.27. The Balaban J connectivity index is 1.94. The third-order valence-corrected chi connectivity index (χ3v) is 3.38. The Hall–Kier alpha value is -0.0400. The Labute approximate surface area is 69.6 Å². The van der Waals surface area contributed by atoms with Crippen LogP contribution in [0.5, 0.6) is 0 Å². The first-order chi connectivity index (χ1) is 5.41. The first kappa shape index (κ1) is 7.60. The zero-order chi connectivity index (χ0) is 7.57. The van der Waals surface area contributed by atoms with Gasteiger partial charge in [-0.2, -0.15) is 0 Å². The van der Waals surface area contributed by atoms with Gasteiger partial charge in [0, 0.05) is 13.1 Å². The van der Waals surface area contributed by atoms with Crippen LogP contribution in [0.25, 0.3) is 0 Å². The molecule has 63 valence electrons. The molecule has 2 fully saturated rings. The van der Waals surface area contributed by atoms with Crippen molar-refractivity contribution >= 4 is 0 Å². The normalized spacial score (nSPS) is 30.5. The largest absolute Gasteiger partial charge is 0.241 e. The van der Waals surface area contributed by atoms with E-state index in [9.17, 15) is 0 Å². The van der Waals surface area contributed by atoms with Crippen molar-refractivity contribution in [3.63, 3.8) is 0 Å². The molecule has 1 nitrogen and oxygen atoms in total. The van der Waals surface area contributed by atoms with E-state index in [2.05, 4.69) is 5.32 Å². The molecule has 2 aliphatic rings. The summed E-state index contributed by atoms with van der Waals surface area (Å²) in [5.41, 5.74) is 0.691. The third-order valence-electron chi connectivity index (χ3n) is 3.38. The average molecular weight is 152 g/mol. The van der Waals surface area contributed by atoms with Crippen molar-refractivity contribution in [2.45, 2.75) is 44.9 Å². The molecule has 0 aromatic carbocycles. The Morgan fingerprint density at radius 1 is 0.818 bits per heavy atom. The molecular weight excluding hydrogens is 134 g/mol. The van der Waals surface area contributed by atoms with E-state index in [0.717, 1.165) is 6.54 Å². The molecule has 1 aliphatic heterocycles. The first-order valence-electron chi connectivity index (χ1n) is 5.05. The molecule has 2 rings (SSSR count). The zero-order valence-electron chi connectivity index (χ0n) is 7.31. The minimum Gasteiger partial charge on any atom is -0.241 e. The molecule has 0 aromatic rings. The van der Waals surface area contributed by atoms with Gasteiger partial charge < -0.3 is 0 Å².